The van der Waals surface area contributed by atoms with Crippen molar-refractivity contribution in [1.29, 1.82) is 0 Å². The van der Waals surface area contributed by atoms with Gasteiger partial charge in [0, 0.05) is 5.54 Å². The van der Waals surface area contributed by atoms with Crippen LogP contribution in [-0.4, -0.2) is 24.8 Å². The number of hydrogen-bond donors (Lipinski definition) is 2. The molecule has 0 unspecified atom stereocenters. The molecule has 0 radical (unpaired) electrons. The smallest absolute Gasteiger partial charge is 0.160 e. The summed E-state index contributed by atoms with van der Waals surface area (Å²) in [6.45, 7) is 4.18. The van der Waals surface area contributed by atoms with Gasteiger partial charge in [0.1, 0.15) is 0 Å². The van der Waals surface area contributed by atoms with E-state index in [2.05, 4.69) is 19.2 Å². The molecule has 0 spiro atoms. The maximum absolute atomic E-state index is 9.89. The third kappa shape index (κ3) is 2.86. The molecular weight excluding hydrogens is 190 g/mol. The molecule has 0 aliphatic rings. The zero-order valence-corrected chi connectivity index (χ0v) is 9.79. The summed E-state index contributed by atoms with van der Waals surface area (Å²) >= 11 is 0. The van der Waals surface area contributed by atoms with Crippen LogP contribution in [0.3, 0.4) is 0 Å². The molecule has 0 fully saturated rings. The van der Waals surface area contributed by atoms with E-state index in [1.807, 2.05) is 19.2 Å². The predicted octanol–water partition coefficient (Wildman–Crippen LogP) is 1.94. The highest BCUT2D eigenvalue weighted by molar-refractivity contribution is 5.45. The van der Waals surface area contributed by atoms with Crippen LogP contribution in [0.1, 0.15) is 19.4 Å². The molecule has 2 N–H and O–H groups in total. The summed E-state index contributed by atoms with van der Waals surface area (Å²) in [5.41, 5.74) is 0.859. The van der Waals surface area contributed by atoms with Gasteiger partial charge in [-0.1, -0.05) is 12.1 Å². The van der Waals surface area contributed by atoms with Crippen molar-refractivity contribution >= 4 is 0 Å². The first kappa shape index (κ1) is 11.9. The Kier molecular flexibility index (Phi) is 3.58. The molecule has 0 aliphatic carbocycles. The topological polar surface area (TPSA) is 41.5 Å². The molecule has 1 rings (SSSR count). The van der Waals surface area contributed by atoms with Crippen LogP contribution in [-0.2, 0) is 6.42 Å². The van der Waals surface area contributed by atoms with E-state index < -0.39 is 0 Å². The average molecular weight is 209 g/mol. The fraction of sp³-hybridized carbons (Fsp3) is 0.500. The number of benzene rings is 1. The lowest BCUT2D eigenvalue weighted by Crippen LogP contribution is -2.38. The second-order valence-electron chi connectivity index (χ2n) is 4.28. The van der Waals surface area contributed by atoms with Gasteiger partial charge >= 0.3 is 0 Å². The fourth-order valence-electron chi connectivity index (χ4n) is 1.44. The summed E-state index contributed by atoms with van der Waals surface area (Å²) in [5.74, 6) is 0.766. The molecule has 1 aromatic rings. The molecule has 0 aromatic heterocycles. The van der Waals surface area contributed by atoms with Crippen LogP contribution < -0.4 is 10.1 Å². The molecule has 3 nitrogen and oxygen atoms in total. The lowest BCUT2D eigenvalue weighted by atomic mass is 9.94. The predicted molar refractivity (Wildman–Crippen MR) is 61.5 cm³/mol. The van der Waals surface area contributed by atoms with Crippen molar-refractivity contribution in [2.45, 2.75) is 25.8 Å². The second kappa shape index (κ2) is 4.53. The Hall–Kier alpha value is -1.22. The van der Waals surface area contributed by atoms with E-state index >= 15 is 0 Å². The first-order valence-corrected chi connectivity index (χ1v) is 5.04. The van der Waals surface area contributed by atoms with E-state index in [1.54, 1.807) is 13.2 Å². The maximum atomic E-state index is 9.89. The largest absolute Gasteiger partial charge is 0.504 e. The molecule has 84 valence electrons. The highest BCUT2D eigenvalue weighted by atomic mass is 16.5. The summed E-state index contributed by atoms with van der Waals surface area (Å²) in [6.07, 6.45) is 0.756. The summed E-state index contributed by atoms with van der Waals surface area (Å²) < 4.78 is 5.06. The van der Waals surface area contributed by atoms with Gasteiger partial charge in [-0.05, 0) is 38.9 Å². The molecule has 3 heteroatoms. The third-order valence-corrected chi connectivity index (χ3v) is 2.61. The number of hydrogen-bond acceptors (Lipinski definition) is 3. The highest BCUT2D eigenvalue weighted by Gasteiger charge is 2.18. The first-order chi connectivity index (χ1) is 7.00. The average Bonchev–Trinajstić information content (AvgIpc) is 2.21. The van der Waals surface area contributed by atoms with Crippen molar-refractivity contribution in [1.82, 2.24) is 5.32 Å². The minimum atomic E-state index is -0.0379. The Balaban J connectivity index is 2.95. The molecule has 1 aromatic carbocycles. The lowest BCUT2D eigenvalue weighted by Gasteiger charge is -2.24. The van der Waals surface area contributed by atoms with Gasteiger partial charge in [0.2, 0.25) is 0 Å². The quantitative estimate of drug-likeness (QED) is 0.796. The fourth-order valence-corrected chi connectivity index (χ4v) is 1.44. The normalized spacial score (nSPS) is 11.5. The molecule has 0 saturated carbocycles. The maximum Gasteiger partial charge on any atom is 0.160 e. The summed E-state index contributed by atoms with van der Waals surface area (Å²) in [6, 6.07) is 5.56. The Morgan fingerprint density at radius 1 is 1.40 bits per heavy atom. The van der Waals surface area contributed by atoms with Crippen LogP contribution in [0, 0.1) is 0 Å². The first-order valence-electron chi connectivity index (χ1n) is 5.04. The number of phenols is 1. The molecule has 15 heavy (non-hydrogen) atoms. The molecule has 0 saturated heterocycles. The Labute approximate surface area is 91.1 Å². The summed E-state index contributed by atoms with van der Waals surface area (Å²) in [4.78, 5) is 0. The number of aromatic hydroxyl groups is 1. The van der Waals surface area contributed by atoms with Gasteiger partial charge < -0.3 is 15.2 Å². The Morgan fingerprint density at radius 3 is 2.60 bits per heavy atom. The zero-order chi connectivity index (χ0) is 11.5. The van der Waals surface area contributed by atoms with Gasteiger partial charge in [-0.25, -0.2) is 0 Å². The van der Waals surface area contributed by atoms with Crippen molar-refractivity contribution in [2.24, 2.45) is 0 Å². The third-order valence-electron chi connectivity index (χ3n) is 2.61. The minimum absolute atomic E-state index is 0.0379. The van der Waals surface area contributed by atoms with Crippen molar-refractivity contribution in [3.8, 4) is 11.5 Å². The number of nitrogens with one attached hydrogen (secondary N) is 1. The highest BCUT2D eigenvalue weighted by Crippen LogP contribution is 2.31. The number of ether oxygens (including phenoxy) is 1. The second-order valence-corrected chi connectivity index (χ2v) is 4.28. The Morgan fingerprint density at radius 2 is 2.07 bits per heavy atom. The van der Waals surface area contributed by atoms with Crippen LogP contribution in [0.4, 0.5) is 0 Å². The number of phenolic OH excluding ortho intramolecular Hbond substituents is 1. The van der Waals surface area contributed by atoms with Crippen LogP contribution in [0.2, 0.25) is 0 Å². The molecule has 0 bridgehead atoms. The van der Waals surface area contributed by atoms with E-state index in [1.165, 1.54) is 0 Å². The SMILES string of the molecule is CNC(C)(C)Cc1cccc(OC)c1O. The molecule has 0 aliphatic heterocycles. The van der Waals surface area contributed by atoms with Crippen LogP contribution in [0.5, 0.6) is 11.5 Å². The van der Waals surface area contributed by atoms with Crippen molar-refractivity contribution in [3.63, 3.8) is 0 Å². The molecular formula is C12H19NO2. The number of para-hydroxylation sites is 1. The Bertz CT molecular complexity index is 334. The number of likely N-dealkylation sites (N-methyl/N-ethyl adjacent to an activating group) is 1. The van der Waals surface area contributed by atoms with Crippen LogP contribution in [0.25, 0.3) is 0 Å². The zero-order valence-electron chi connectivity index (χ0n) is 9.79. The number of rotatable bonds is 4. The van der Waals surface area contributed by atoms with Crippen molar-refractivity contribution in [2.75, 3.05) is 14.2 Å². The van der Waals surface area contributed by atoms with Gasteiger partial charge in [-0.15, -0.1) is 0 Å². The van der Waals surface area contributed by atoms with Crippen LogP contribution in [0.15, 0.2) is 18.2 Å². The van der Waals surface area contributed by atoms with Gasteiger partial charge in [0.15, 0.2) is 11.5 Å². The van der Waals surface area contributed by atoms with Crippen molar-refractivity contribution < 1.29 is 9.84 Å². The molecule has 0 amide bonds. The number of methoxy groups -OCH3 is 1. The van der Waals surface area contributed by atoms with Gasteiger partial charge in [0.25, 0.3) is 0 Å². The van der Waals surface area contributed by atoms with Gasteiger partial charge in [0.05, 0.1) is 7.11 Å². The van der Waals surface area contributed by atoms with E-state index in [0.29, 0.717) is 5.75 Å². The van der Waals surface area contributed by atoms with Crippen molar-refractivity contribution in [3.05, 3.63) is 23.8 Å². The summed E-state index contributed by atoms with van der Waals surface area (Å²) in [5, 5.41) is 13.1. The molecule has 0 atom stereocenters. The van der Waals surface area contributed by atoms with E-state index in [0.717, 1.165) is 12.0 Å². The lowest BCUT2D eigenvalue weighted by molar-refractivity contribution is 0.362. The monoisotopic (exact) mass is 209 g/mol. The minimum Gasteiger partial charge on any atom is -0.504 e. The van der Waals surface area contributed by atoms with E-state index in [4.69, 9.17) is 4.74 Å². The van der Waals surface area contributed by atoms with Gasteiger partial charge in [-0.2, -0.15) is 0 Å². The molecule has 0 heterocycles. The summed E-state index contributed by atoms with van der Waals surface area (Å²) in [7, 11) is 3.47. The standard InChI is InChI=1S/C12H19NO2/c1-12(2,13-3)8-9-6-5-7-10(15-4)11(9)14/h5-7,13-14H,8H2,1-4H3. The van der Waals surface area contributed by atoms with E-state index in [9.17, 15) is 5.11 Å². The van der Waals surface area contributed by atoms with E-state index in [-0.39, 0.29) is 11.3 Å². The van der Waals surface area contributed by atoms with Gasteiger partial charge in [-0.3, -0.25) is 0 Å². The van der Waals surface area contributed by atoms with Crippen LogP contribution >= 0.6 is 0 Å².